The van der Waals surface area contributed by atoms with Gasteiger partial charge in [-0.3, -0.25) is 5.32 Å². The third-order valence-corrected chi connectivity index (χ3v) is 6.65. The molecular formula is C25H27FN8. The second kappa shape index (κ2) is 8.66. The Hall–Kier alpha value is -3.56. The first-order valence-electron chi connectivity index (χ1n) is 11.7. The van der Waals surface area contributed by atoms with Gasteiger partial charge in [0, 0.05) is 26.2 Å². The normalized spacial score (nSPS) is 20.9. The van der Waals surface area contributed by atoms with Crippen LogP contribution in [0, 0.1) is 5.82 Å². The Morgan fingerprint density at radius 3 is 2.82 bits per heavy atom. The molecule has 0 bridgehead atoms. The molecule has 2 aliphatic heterocycles. The summed E-state index contributed by atoms with van der Waals surface area (Å²) in [6, 6.07) is 17.0. The van der Waals surface area contributed by atoms with Gasteiger partial charge in [0.15, 0.2) is 5.65 Å². The molecule has 0 saturated carbocycles. The van der Waals surface area contributed by atoms with Gasteiger partial charge in [0.05, 0.1) is 24.1 Å². The summed E-state index contributed by atoms with van der Waals surface area (Å²) in [6.45, 7) is 3.27. The topological polar surface area (TPSA) is 87.6 Å². The van der Waals surface area contributed by atoms with Crippen LogP contribution in [0.4, 0.5) is 16.0 Å². The average molecular weight is 459 g/mol. The molecule has 1 unspecified atom stereocenters. The van der Waals surface area contributed by atoms with Crippen molar-refractivity contribution in [1.29, 1.82) is 0 Å². The monoisotopic (exact) mass is 458 g/mol. The summed E-state index contributed by atoms with van der Waals surface area (Å²) in [5.41, 5.74) is 9.46. The fourth-order valence-electron chi connectivity index (χ4n) is 5.02. The number of nitrogens with zero attached hydrogens (tertiary/aromatic N) is 6. The van der Waals surface area contributed by atoms with Gasteiger partial charge in [-0.05, 0) is 54.8 Å². The first kappa shape index (κ1) is 21.0. The highest BCUT2D eigenvalue weighted by Crippen LogP contribution is 2.35. The lowest BCUT2D eigenvalue weighted by molar-refractivity contribution is 0.466. The quantitative estimate of drug-likeness (QED) is 0.486. The van der Waals surface area contributed by atoms with E-state index in [-0.39, 0.29) is 18.0 Å². The number of rotatable bonds is 4. The van der Waals surface area contributed by atoms with Crippen molar-refractivity contribution in [3.05, 3.63) is 72.2 Å². The van der Waals surface area contributed by atoms with Gasteiger partial charge in [0.25, 0.3) is 0 Å². The van der Waals surface area contributed by atoms with Crippen LogP contribution in [-0.2, 0) is 0 Å². The molecule has 0 spiro atoms. The van der Waals surface area contributed by atoms with E-state index in [2.05, 4.69) is 20.1 Å². The summed E-state index contributed by atoms with van der Waals surface area (Å²) in [5, 5.41) is 8.21. The molecular weight excluding hydrogens is 431 g/mol. The number of aromatic nitrogens is 4. The average Bonchev–Trinajstić information content (AvgIpc) is 3.51. The van der Waals surface area contributed by atoms with E-state index in [1.807, 2.05) is 47.1 Å². The number of nitrogens with one attached hydrogen (secondary N) is 1. The molecule has 6 rings (SSSR count). The van der Waals surface area contributed by atoms with E-state index in [1.54, 1.807) is 12.1 Å². The van der Waals surface area contributed by atoms with Crippen LogP contribution in [0.15, 0.2) is 60.8 Å². The predicted octanol–water partition coefficient (Wildman–Crippen LogP) is 2.97. The lowest BCUT2D eigenvalue weighted by Gasteiger charge is -2.32. The molecule has 1 aromatic carbocycles. The van der Waals surface area contributed by atoms with Crippen LogP contribution in [0.1, 0.15) is 24.4 Å². The minimum atomic E-state index is -0.207. The van der Waals surface area contributed by atoms with Crippen LogP contribution in [0.25, 0.3) is 17.0 Å². The fraction of sp³-hybridized carbons (Fsp3) is 0.320. The standard InChI is InChI=1S/C25H27FN8/c26-18-5-1-4-17(14-18)20-7-3-12-33(20)25-10-9-23-29-15-21(34(23)31-25)19-6-2-8-24(30-19)32-13-11-28-22(27)16-32/h1-2,4-6,8-10,14-15,20,22,28H,3,7,11-13,16,27H2/t20-,22?/m1/s1. The highest BCUT2D eigenvalue weighted by atomic mass is 19.1. The number of fused-ring (bicyclic) bond motifs is 1. The third-order valence-electron chi connectivity index (χ3n) is 6.65. The van der Waals surface area contributed by atoms with E-state index in [1.165, 1.54) is 6.07 Å². The van der Waals surface area contributed by atoms with Crippen LogP contribution < -0.4 is 20.9 Å². The van der Waals surface area contributed by atoms with E-state index in [4.69, 9.17) is 15.8 Å². The molecule has 3 aromatic heterocycles. The molecule has 0 aliphatic carbocycles. The van der Waals surface area contributed by atoms with Crippen LogP contribution in [-0.4, -0.2) is 51.9 Å². The van der Waals surface area contributed by atoms with Gasteiger partial charge in [0.1, 0.15) is 23.1 Å². The molecule has 3 N–H and O–H groups in total. The number of halogens is 1. The maximum atomic E-state index is 13.9. The van der Waals surface area contributed by atoms with Gasteiger partial charge in [-0.2, -0.15) is 0 Å². The molecule has 2 atom stereocenters. The molecule has 2 aliphatic rings. The minimum absolute atomic E-state index is 0.0641. The van der Waals surface area contributed by atoms with Crippen LogP contribution in [0.2, 0.25) is 0 Å². The van der Waals surface area contributed by atoms with Crippen molar-refractivity contribution in [2.75, 3.05) is 36.0 Å². The summed E-state index contributed by atoms with van der Waals surface area (Å²) in [5.74, 6) is 1.54. The summed E-state index contributed by atoms with van der Waals surface area (Å²) < 4.78 is 15.7. The first-order valence-corrected chi connectivity index (χ1v) is 11.7. The van der Waals surface area contributed by atoms with Crippen molar-refractivity contribution in [1.82, 2.24) is 24.9 Å². The van der Waals surface area contributed by atoms with Gasteiger partial charge in [-0.15, -0.1) is 5.10 Å². The molecule has 2 saturated heterocycles. The Bertz CT molecular complexity index is 1320. The summed E-state index contributed by atoms with van der Waals surface area (Å²) in [6.07, 6.45) is 3.76. The number of imidazole rings is 1. The van der Waals surface area contributed by atoms with Crippen LogP contribution in [0.3, 0.4) is 0 Å². The zero-order chi connectivity index (χ0) is 23.1. The number of anilines is 2. The van der Waals surface area contributed by atoms with Crippen LogP contribution in [0.5, 0.6) is 0 Å². The number of benzene rings is 1. The lowest BCUT2D eigenvalue weighted by atomic mass is 10.0. The summed E-state index contributed by atoms with van der Waals surface area (Å²) in [7, 11) is 0. The maximum Gasteiger partial charge on any atom is 0.154 e. The number of piperazine rings is 1. The van der Waals surface area contributed by atoms with Crippen molar-refractivity contribution in [3.8, 4) is 11.4 Å². The van der Waals surface area contributed by atoms with E-state index < -0.39 is 0 Å². The van der Waals surface area contributed by atoms with Crippen molar-refractivity contribution < 1.29 is 4.39 Å². The molecule has 2 fully saturated rings. The highest BCUT2D eigenvalue weighted by Gasteiger charge is 2.28. The number of pyridine rings is 1. The Balaban J connectivity index is 1.35. The van der Waals surface area contributed by atoms with Gasteiger partial charge >= 0.3 is 0 Å². The predicted molar refractivity (Wildman–Crippen MR) is 130 cm³/mol. The van der Waals surface area contributed by atoms with Crippen molar-refractivity contribution in [2.24, 2.45) is 5.73 Å². The number of hydrogen-bond donors (Lipinski definition) is 2. The Morgan fingerprint density at radius 1 is 1.03 bits per heavy atom. The number of hydrogen-bond acceptors (Lipinski definition) is 7. The van der Waals surface area contributed by atoms with Gasteiger partial charge in [-0.25, -0.2) is 18.9 Å². The fourth-order valence-corrected chi connectivity index (χ4v) is 5.02. The van der Waals surface area contributed by atoms with Crippen molar-refractivity contribution in [2.45, 2.75) is 25.0 Å². The van der Waals surface area contributed by atoms with Crippen molar-refractivity contribution in [3.63, 3.8) is 0 Å². The molecule has 5 heterocycles. The molecule has 9 heteroatoms. The highest BCUT2D eigenvalue weighted by molar-refractivity contribution is 5.62. The maximum absolute atomic E-state index is 13.9. The SMILES string of the molecule is NC1CN(c2cccc(-c3cnc4ccc(N5CCC[C@@H]5c5cccc(F)c5)nn34)n2)CCN1. The van der Waals surface area contributed by atoms with Gasteiger partial charge in [0.2, 0.25) is 0 Å². The molecule has 0 radical (unpaired) electrons. The van der Waals surface area contributed by atoms with Crippen LogP contribution >= 0.6 is 0 Å². The summed E-state index contributed by atoms with van der Waals surface area (Å²) >= 11 is 0. The molecule has 8 nitrogen and oxygen atoms in total. The lowest BCUT2D eigenvalue weighted by Crippen LogP contribution is -2.55. The summed E-state index contributed by atoms with van der Waals surface area (Å²) in [4.78, 5) is 13.9. The zero-order valence-electron chi connectivity index (χ0n) is 18.8. The number of nitrogens with two attached hydrogens (primary N) is 1. The Morgan fingerprint density at radius 2 is 1.94 bits per heavy atom. The van der Waals surface area contributed by atoms with E-state index in [0.29, 0.717) is 6.54 Å². The zero-order valence-corrected chi connectivity index (χ0v) is 18.8. The Labute approximate surface area is 197 Å². The minimum Gasteiger partial charge on any atom is -0.352 e. The second-order valence-electron chi connectivity index (χ2n) is 8.90. The molecule has 34 heavy (non-hydrogen) atoms. The first-order chi connectivity index (χ1) is 16.7. The molecule has 174 valence electrons. The smallest absolute Gasteiger partial charge is 0.154 e. The van der Waals surface area contributed by atoms with Crippen molar-refractivity contribution >= 4 is 17.3 Å². The van der Waals surface area contributed by atoms with E-state index in [0.717, 1.165) is 66.7 Å². The third kappa shape index (κ3) is 3.86. The molecule has 4 aromatic rings. The van der Waals surface area contributed by atoms with E-state index >= 15 is 0 Å². The largest absolute Gasteiger partial charge is 0.352 e. The van der Waals surface area contributed by atoms with Gasteiger partial charge in [-0.1, -0.05) is 18.2 Å². The second-order valence-corrected chi connectivity index (χ2v) is 8.90. The molecule has 0 amide bonds. The van der Waals surface area contributed by atoms with E-state index in [9.17, 15) is 4.39 Å². The Kier molecular flexibility index (Phi) is 5.35. The van der Waals surface area contributed by atoms with Gasteiger partial charge < -0.3 is 15.5 Å².